The number of hydrogen-bond acceptors (Lipinski definition) is 3. The molecule has 0 atom stereocenters. The molecule has 0 fully saturated rings. The summed E-state index contributed by atoms with van der Waals surface area (Å²) in [4.78, 5) is 4.90. The first-order valence-corrected chi connectivity index (χ1v) is 13.6. The molecule has 3 heterocycles. The Balaban J connectivity index is 1.59. The normalized spacial score (nSPS) is 12.4. The Bertz CT molecular complexity index is 1820. The molecule has 38 heavy (non-hydrogen) atoms. The standard InChI is InChI=1S/C35H35NO2/c1-20(2)17-28-22(4)37-34-26(28)13-10-14-27(34)33-21(3)31-30(38-33)15-16-36-32(31)24-18-23-11-8-9-12-25(23)29(19-24)35(5,6)7/h8-16,18-20H,17H2,1-7H3. The van der Waals surface area contributed by atoms with Crippen LogP contribution in [0.25, 0.3) is 55.3 Å². The van der Waals surface area contributed by atoms with Crippen LogP contribution in [0.15, 0.2) is 75.7 Å². The number of rotatable bonds is 4. The van der Waals surface area contributed by atoms with Gasteiger partial charge >= 0.3 is 0 Å². The van der Waals surface area contributed by atoms with Gasteiger partial charge in [-0.15, -0.1) is 0 Å². The largest absolute Gasteiger partial charge is 0.460 e. The molecule has 0 unspecified atom stereocenters. The minimum absolute atomic E-state index is 0.000591. The molecule has 0 aliphatic carbocycles. The van der Waals surface area contributed by atoms with Crippen LogP contribution in [0, 0.1) is 19.8 Å². The van der Waals surface area contributed by atoms with Crippen LogP contribution >= 0.6 is 0 Å². The fourth-order valence-corrected chi connectivity index (χ4v) is 5.86. The molecule has 0 N–H and O–H groups in total. The van der Waals surface area contributed by atoms with Gasteiger partial charge in [0.15, 0.2) is 0 Å². The van der Waals surface area contributed by atoms with Gasteiger partial charge in [-0.25, -0.2) is 0 Å². The average Bonchev–Trinajstić information content (AvgIpc) is 3.38. The highest BCUT2D eigenvalue weighted by Crippen LogP contribution is 2.43. The molecule has 0 saturated heterocycles. The van der Waals surface area contributed by atoms with E-state index in [1.165, 1.54) is 27.3 Å². The maximum absolute atomic E-state index is 6.57. The van der Waals surface area contributed by atoms with E-state index < -0.39 is 0 Å². The summed E-state index contributed by atoms with van der Waals surface area (Å²) in [7, 11) is 0. The van der Waals surface area contributed by atoms with E-state index in [2.05, 4.69) is 103 Å². The minimum Gasteiger partial charge on any atom is -0.460 e. The lowest BCUT2D eigenvalue weighted by atomic mass is 9.82. The first kappa shape index (κ1) is 24.5. The maximum atomic E-state index is 6.57. The van der Waals surface area contributed by atoms with Gasteiger partial charge in [0.2, 0.25) is 0 Å². The van der Waals surface area contributed by atoms with Gasteiger partial charge in [-0.3, -0.25) is 4.98 Å². The Hall–Kier alpha value is -3.85. The van der Waals surface area contributed by atoms with E-state index in [-0.39, 0.29) is 5.41 Å². The summed E-state index contributed by atoms with van der Waals surface area (Å²) in [5.41, 5.74) is 8.50. The zero-order chi connectivity index (χ0) is 26.8. The summed E-state index contributed by atoms with van der Waals surface area (Å²) >= 11 is 0. The molecular weight excluding hydrogens is 466 g/mol. The summed E-state index contributed by atoms with van der Waals surface area (Å²) in [6, 6.07) is 21.6. The van der Waals surface area contributed by atoms with Gasteiger partial charge < -0.3 is 8.83 Å². The molecule has 3 heteroatoms. The van der Waals surface area contributed by atoms with Crippen LogP contribution in [0.1, 0.15) is 57.1 Å². The van der Waals surface area contributed by atoms with Crippen molar-refractivity contribution in [2.45, 2.75) is 60.3 Å². The van der Waals surface area contributed by atoms with Crippen molar-refractivity contribution in [3.05, 3.63) is 89.3 Å². The van der Waals surface area contributed by atoms with E-state index in [0.29, 0.717) is 5.92 Å². The summed E-state index contributed by atoms with van der Waals surface area (Å²) in [6.07, 6.45) is 2.85. The second-order valence-electron chi connectivity index (χ2n) is 12.0. The number of nitrogens with zero attached hydrogens (tertiary/aromatic N) is 1. The highest BCUT2D eigenvalue weighted by Gasteiger charge is 2.24. The lowest BCUT2D eigenvalue weighted by Gasteiger charge is -2.22. The van der Waals surface area contributed by atoms with Crippen molar-refractivity contribution < 1.29 is 8.83 Å². The summed E-state index contributed by atoms with van der Waals surface area (Å²) in [5, 5.41) is 4.75. The molecule has 0 radical (unpaired) electrons. The fourth-order valence-electron chi connectivity index (χ4n) is 5.86. The Kier molecular flexibility index (Phi) is 5.72. The van der Waals surface area contributed by atoms with Gasteiger partial charge in [-0.1, -0.05) is 71.0 Å². The number of benzene rings is 3. The number of aryl methyl sites for hydroxylation is 2. The number of aromatic nitrogens is 1. The van der Waals surface area contributed by atoms with E-state index in [1.807, 2.05) is 12.3 Å². The Morgan fingerprint density at radius 3 is 2.39 bits per heavy atom. The van der Waals surface area contributed by atoms with Crippen LogP contribution in [0.4, 0.5) is 0 Å². The molecule has 3 aromatic carbocycles. The van der Waals surface area contributed by atoms with Crippen LogP contribution in [0.3, 0.4) is 0 Å². The molecule has 3 aromatic heterocycles. The van der Waals surface area contributed by atoms with Crippen LogP contribution in [0.5, 0.6) is 0 Å². The molecule has 0 aliphatic heterocycles. The van der Waals surface area contributed by atoms with Gasteiger partial charge in [-0.05, 0) is 72.2 Å². The predicted molar refractivity (Wildman–Crippen MR) is 159 cm³/mol. The number of fused-ring (bicyclic) bond motifs is 3. The lowest BCUT2D eigenvalue weighted by Crippen LogP contribution is -2.12. The van der Waals surface area contributed by atoms with Crippen molar-refractivity contribution in [1.82, 2.24) is 4.98 Å². The van der Waals surface area contributed by atoms with E-state index in [0.717, 1.165) is 56.9 Å². The van der Waals surface area contributed by atoms with Gasteiger partial charge in [-0.2, -0.15) is 0 Å². The summed E-state index contributed by atoms with van der Waals surface area (Å²) < 4.78 is 12.9. The lowest BCUT2D eigenvalue weighted by molar-refractivity contribution is 0.558. The van der Waals surface area contributed by atoms with E-state index >= 15 is 0 Å². The molecule has 0 spiro atoms. The van der Waals surface area contributed by atoms with Crippen LogP contribution in [-0.2, 0) is 11.8 Å². The quantitative estimate of drug-likeness (QED) is 0.241. The highest BCUT2D eigenvalue weighted by molar-refractivity contribution is 6.03. The topological polar surface area (TPSA) is 39.2 Å². The first-order valence-electron chi connectivity index (χ1n) is 13.6. The van der Waals surface area contributed by atoms with E-state index in [1.54, 1.807) is 0 Å². The molecule has 0 amide bonds. The molecule has 0 saturated carbocycles. The third kappa shape index (κ3) is 3.93. The SMILES string of the molecule is Cc1oc2c(-c3oc4ccnc(-c5cc(C(C)(C)C)c6ccccc6c5)c4c3C)cccc2c1CC(C)C. The molecule has 6 aromatic rings. The number of furan rings is 2. The first-order chi connectivity index (χ1) is 18.1. The molecular formula is C35H35NO2. The highest BCUT2D eigenvalue weighted by atomic mass is 16.3. The van der Waals surface area contributed by atoms with Crippen molar-refractivity contribution in [2.24, 2.45) is 5.92 Å². The van der Waals surface area contributed by atoms with Gasteiger partial charge in [0.1, 0.15) is 22.7 Å². The van der Waals surface area contributed by atoms with E-state index in [9.17, 15) is 0 Å². The van der Waals surface area contributed by atoms with Crippen LogP contribution in [0.2, 0.25) is 0 Å². The molecule has 0 bridgehead atoms. The van der Waals surface area contributed by atoms with Crippen molar-refractivity contribution in [1.29, 1.82) is 0 Å². The van der Waals surface area contributed by atoms with Crippen LogP contribution in [-0.4, -0.2) is 4.98 Å². The third-order valence-electron chi connectivity index (χ3n) is 7.66. The molecule has 3 nitrogen and oxygen atoms in total. The number of para-hydroxylation sites is 1. The second-order valence-corrected chi connectivity index (χ2v) is 12.0. The Morgan fingerprint density at radius 2 is 1.63 bits per heavy atom. The maximum Gasteiger partial charge on any atom is 0.145 e. The van der Waals surface area contributed by atoms with Crippen molar-refractivity contribution >= 4 is 32.7 Å². The smallest absolute Gasteiger partial charge is 0.145 e. The predicted octanol–water partition coefficient (Wildman–Crippen LogP) is 10.2. The van der Waals surface area contributed by atoms with Crippen molar-refractivity contribution in [3.63, 3.8) is 0 Å². The monoisotopic (exact) mass is 501 g/mol. The van der Waals surface area contributed by atoms with Gasteiger partial charge in [0.05, 0.1) is 16.6 Å². The summed E-state index contributed by atoms with van der Waals surface area (Å²) in [5.74, 6) is 2.39. The van der Waals surface area contributed by atoms with Crippen LogP contribution < -0.4 is 0 Å². The molecule has 0 aliphatic rings. The third-order valence-corrected chi connectivity index (χ3v) is 7.66. The molecule has 192 valence electrons. The Morgan fingerprint density at radius 1 is 0.868 bits per heavy atom. The zero-order valence-electron chi connectivity index (χ0n) is 23.4. The summed E-state index contributed by atoms with van der Waals surface area (Å²) in [6.45, 7) is 15.5. The average molecular weight is 502 g/mol. The van der Waals surface area contributed by atoms with Gasteiger partial charge in [0, 0.05) is 28.3 Å². The number of pyridine rings is 1. The fraction of sp³-hybridized carbons (Fsp3) is 0.286. The zero-order valence-corrected chi connectivity index (χ0v) is 23.4. The minimum atomic E-state index is 0.000591. The van der Waals surface area contributed by atoms with Crippen molar-refractivity contribution in [3.8, 4) is 22.6 Å². The molecule has 6 rings (SSSR count). The van der Waals surface area contributed by atoms with Crippen molar-refractivity contribution in [2.75, 3.05) is 0 Å². The van der Waals surface area contributed by atoms with E-state index in [4.69, 9.17) is 13.8 Å². The van der Waals surface area contributed by atoms with Gasteiger partial charge in [0.25, 0.3) is 0 Å². The number of hydrogen-bond donors (Lipinski definition) is 0. The Labute approximate surface area is 224 Å². The second kappa shape index (κ2) is 8.87.